The van der Waals surface area contributed by atoms with Crippen molar-refractivity contribution in [3.63, 3.8) is 0 Å². The fourth-order valence-electron chi connectivity index (χ4n) is 1.33. The highest BCUT2D eigenvalue weighted by Gasteiger charge is 2.22. The number of amidine groups is 1. The SMILES string of the molecule is CC(C)C1CN=C(NCc2ccno2)S1. The summed E-state index contributed by atoms with van der Waals surface area (Å²) in [5.74, 6) is 1.51. The third-order valence-electron chi connectivity index (χ3n) is 2.33. The van der Waals surface area contributed by atoms with E-state index >= 15 is 0 Å². The second-order valence-corrected chi connectivity index (χ2v) is 5.11. The lowest BCUT2D eigenvalue weighted by Crippen LogP contribution is -2.19. The van der Waals surface area contributed by atoms with Crippen LogP contribution in [0, 0.1) is 5.92 Å². The van der Waals surface area contributed by atoms with E-state index in [1.54, 1.807) is 6.20 Å². The molecule has 1 aromatic rings. The molecule has 0 bridgehead atoms. The zero-order chi connectivity index (χ0) is 10.7. The van der Waals surface area contributed by atoms with Gasteiger partial charge >= 0.3 is 0 Å². The molecule has 0 radical (unpaired) electrons. The van der Waals surface area contributed by atoms with Gasteiger partial charge in [-0.05, 0) is 5.92 Å². The Labute approximate surface area is 93.5 Å². The lowest BCUT2D eigenvalue weighted by atomic mass is 10.1. The van der Waals surface area contributed by atoms with Crippen molar-refractivity contribution in [1.82, 2.24) is 10.5 Å². The second kappa shape index (κ2) is 4.70. The van der Waals surface area contributed by atoms with Gasteiger partial charge in [-0.15, -0.1) is 0 Å². The molecule has 2 heterocycles. The number of thioether (sulfide) groups is 1. The lowest BCUT2D eigenvalue weighted by Gasteiger charge is -2.11. The van der Waals surface area contributed by atoms with E-state index in [0.717, 1.165) is 17.5 Å². The Bertz CT molecular complexity index is 334. The summed E-state index contributed by atoms with van der Waals surface area (Å²) in [4.78, 5) is 4.44. The third kappa shape index (κ3) is 2.75. The molecule has 1 atom stereocenters. The smallest absolute Gasteiger partial charge is 0.157 e. The predicted molar refractivity (Wildman–Crippen MR) is 61.9 cm³/mol. The molecule has 82 valence electrons. The van der Waals surface area contributed by atoms with Gasteiger partial charge in [0.05, 0.1) is 19.3 Å². The fourth-order valence-corrected chi connectivity index (χ4v) is 2.34. The topological polar surface area (TPSA) is 50.4 Å². The summed E-state index contributed by atoms with van der Waals surface area (Å²) in [6.07, 6.45) is 1.65. The molecule has 0 amide bonds. The van der Waals surface area contributed by atoms with Crippen LogP contribution >= 0.6 is 11.8 Å². The summed E-state index contributed by atoms with van der Waals surface area (Å²) in [6, 6.07) is 1.85. The Morgan fingerprint density at radius 3 is 3.13 bits per heavy atom. The van der Waals surface area contributed by atoms with Gasteiger partial charge < -0.3 is 9.84 Å². The van der Waals surface area contributed by atoms with Crippen LogP contribution in [0.25, 0.3) is 0 Å². The molecule has 1 aliphatic heterocycles. The summed E-state index contributed by atoms with van der Waals surface area (Å²) in [6.45, 7) is 6.04. The minimum Gasteiger partial charge on any atom is -0.360 e. The van der Waals surface area contributed by atoms with Crippen molar-refractivity contribution in [1.29, 1.82) is 0 Å². The van der Waals surface area contributed by atoms with Crippen molar-refractivity contribution in [2.24, 2.45) is 10.9 Å². The van der Waals surface area contributed by atoms with Gasteiger partial charge in [0.25, 0.3) is 0 Å². The van der Waals surface area contributed by atoms with Gasteiger partial charge in [0.2, 0.25) is 0 Å². The van der Waals surface area contributed by atoms with Gasteiger partial charge in [-0.1, -0.05) is 30.8 Å². The molecule has 1 unspecified atom stereocenters. The van der Waals surface area contributed by atoms with Crippen LogP contribution in [-0.2, 0) is 6.54 Å². The molecule has 2 rings (SSSR count). The van der Waals surface area contributed by atoms with Crippen molar-refractivity contribution in [3.8, 4) is 0 Å². The number of rotatable bonds is 3. The number of aromatic nitrogens is 1. The van der Waals surface area contributed by atoms with Crippen molar-refractivity contribution in [2.75, 3.05) is 6.54 Å². The van der Waals surface area contributed by atoms with E-state index in [0.29, 0.717) is 17.7 Å². The standard InChI is InChI=1S/C10H15N3OS/c1-7(2)9-6-12-10(15-9)11-5-8-3-4-13-14-8/h3-4,7,9H,5-6H2,1-2H3,(H,11,12). The van der Waals surface area contributed by atoms with Crippen LogP contribution < -0.4 is 5.32 Å². The summed E-state index contributed by atoms with van der Waals surface area (Å²) < 4.78 is 4.99. The molecule has 1 aromatic heterocycles. The first kappa shape index (κ1) is 10.5. The quantitative estimate of drug-likeness (QED) is 0.853. The number of hydrogen-bond donors (Lipinski definition) is 1. The molecule has 1 N–H and O–H groups in total. The normalized spacial score (nSPS) is 20.7. The van der Waals surface area contributed by atoms with E-state index in [4.69, 9.17) is 4.52 Å². The summed E-state index contributed by atoms with van der Waals surface area (Å²) in [5, 5.41) is 8.53. The minimum atomic E-state index is 0.613. The third-order valence-corrected chi connectivity index (χ3v) is 3.82. The van der Waals surface area contributed by atoms with Crippen LogP contribution in [0.2, 0.25) is 0 Å². The first-order valence-corrected chi connectivity index (χ1v) is 5.98. The maximum atomic E-state index is 4.99. The average molecular weight is 225 g/mol. The summed E-state index contributed by atoms with van der Waals surface area (Å²) in [5.41, 5.74) is 0. The highest BCUT2D eigenvalue weighted by Crippen LogP contribution is 2.25. The molecule has 0 aromatic carbocycles. The zero-order valence-electron chi connectivity index (χ0n) is 8.93. The second-order valence-electron chi connectivity index (χ2n) is 3.88. The fraction of sp³-hybridized carbons (Fsp3) is 0.600. The Kier molecular flexibility index (Phi) is 3.30. The molecule has 5 heteroatoms. The van der Waals surface area contributed by atoms with Crippen LogP contribution in [0.1, 0.15) is 19.6 Å². The van der Waals surface area contributed by atoms with Gasteiger partial charge in [-0.25, -0.2) is 0 Å². The largest absolute Gasteiger partial charge is 0.360 e. The highest BCUT2D eigenvalue weighted by molar-refractivity contribution is 8.14. The Morgan fingerprint density at radius 1 is 1.67 bits per heavy atom. The van der Waals surface area contributed by atoms with Crippen LogP contribution in [0.5, 0.6) is 0 Å². The van der Waals surface area contributed by atoms with Crippen molar-refractivity contribution in [3.05, 3.63) is 18.0 Å². The molecule has 1 aliphatic rings. The first-order valence-electron chi connectivity index (χ1n) is 5.10. The molecule has 0 aliphatic carbocycles. The van der Waals surface area contributed by atoms with Crippen molar-refractivity contribution >= 4 is 16.9 Å². The molecular weight excluding hydrogens is 210 g/mol. The average Bonchev–Trinajstić information content (AvgIpc) is 2.86. The number of aliphatic imine (C=N–C) groups is 1. The van der Waals surface area contributed by atoms with Crippen molar-refractivity contribution < 1.29 is 4.52 Å². The van der Waals surface area contributed by atoms with Gasteiger partial charge in [-0.2, -0.15) is 0 Å². The predicted octanol–water partition coefficient (Wildman–Crippen LogP) is 1.89. The molecular formula is C10H15N3OS. The van der Waals surface area contributed by atoms with E-state index < -0.39 is 0 Å². The molecule has 0 fully saturated rings. The van der Waals surface area contributed by atoms with E-state index in [1.807, 2.05) is 17.8 Å². The van der Waals surface area contributed by atoms with Crippen molar-refractivity contribution in [2.45, 2.75) is 25.6 Å². The Morgan fingerprint density at radius 2 is 2.53 bits per heavy atom. The van der Waals surface area contributed by atoms with Gasteiger partial charge in [0.1, 0.15) is 0 Å². The molecule has 0 saturated carbocycles. The first-order chi connectivity index (χ1) is 7.25. The van der Waals surface area contributed by atoms with Crippen LogP contribution in [0.3, 0.4) is 0 Å². The highest BCUT2D eigenvalue weighted by atomic mass is 32.2. The summed E-state index contributed by atoms with van der Waals surface area (Å²) >= 11 is 1.82. The number of hydrogen-bond acceptors (Lipinski definition) is 5. The molecule has 0 saturated heterocycles. The van der Waals surface area contributed by atoms with Crippen LogP contribution in [-0.4, -0.2) is 22.1 Å². The van der Waals surface area contributed by atoms with Crippen LogP contribution in [0.4, 0.5) is 0 Å². The summed E-state index contributed by atoms with van der Waals surface area (Å²) in [7, 11) is 0. The zero-order valence-corrected chi connectivity index (χ0v) is 9.75. The van der Waals surface area contributed by atoms with Gasteiger partial charge in [0.15, 0.2) is 10.9 Å². The van der Waals surface area contributed by atoms with E-state index in [-0.39, 0.29) is 0 Å². The van der Waals surface area contributed by atoms with Crippen LogP contribution in [0.15, 0.2) is 21.8 Å². The number of nitrogens with one attached hydrogen (secondary N) is 1. The van der Waals surface area contributed by atoms with Gasteiger partial charge in [0, 0.05) is 11.3 Å². The Hall–Kier alpha value is -0.970. The molecule has 4 nitrogen and oxygen atoms in total. The maximum absolute atomic E-state index is 4.99. The molecule has 15 heavy (non-hydrogen) atoms. The Balaban J connectivity index is 1.78. The van der Waals surface area contributed by atoms with E-state index in [9.17, 15) is 0 Å². The molecule has 0 spiro atoms. The van der Waals surface area contributed by atoms with E-state index in [1.165, 1.54) is 0 Å². The number of nitrogens with zero attached hydrogens (tertiary/aromatic N) is 2. The minimum absolute atomic E-state index is 0.613. The lowest BCUT2D eigenvalue weighted by molar-refractivity contribution is 0.381. The maximum Gasteiger partial charge on any atom is 0.157 e. The van der Waals surface area contributed by atoms with E-state index in [2.05, 4.69) is 29.3 Å². The van der Waals surface area contributed by atoms with Gasteiger partial charge in [-0.3, -0.25) is 4.99 Å². The monoisotopic (exact) mass is 225 g/mol.